The van der Waals surface area contributed by atoms with Gasteiger partial charge in [0.05, 0.1) is 13.2 Å². The van der Waals surface area contributed by atoms with Crippen LogP contribution in [0.3, 0.4) is 0 Å². The summed E-state index contributed by atoms with van der Waals surface area (Å²) >= 11 is 0. The SMILES string of the molecule is CCCCOCCCNC(=NC)NCc1cccc(CN2CCOCC2)c1. The number of aliphatic imine (C=N–C) groups is 1. The highest BCUT2D eigenvalue weighted by molar-refractivity contribution is 5.79. The van der Waals surface area contributed by atoms with E-state index in [1.54, 1.807) is 0 Å². The van der Waals surface area contributed by atoms with Crippen LogP contribution in [0.15, 0.2) is 29.3 Å². The Kier molecular flexibility index (Phi) is 10.9. The minimum absolute atomic E-state index is 0.767. The first kappa shape index (κ1) is 21.7. The fraction of sp³-hybridized carbons (Fsp3) is 0.667. The van der Waals surface area contributed by atoms with E-state index in [0.717, 1.165) is 78.0 Å². The summed E-state index contributed by atoms with van der Waals surface area (Å²) in [6.45, 7) is 10.2. The Morgan fingerprint density at radius 2 is 1.93 bits per heavy atom. The van der Waals surface area contributed by atoms with Gasteiger partial charge in [0.1, 0.15) is 0 Å². The molecule has 1 aliphatic heterocycles. The molecule has 0 unspecified atom stereocenters. The van der Waals surface area contributed by atoms with Gasteiger partial charge in [-0.2, -0.15) is 0 Å². The molecule has 1 aromatic carbocycles. The highest BCUT2D eigenvalue weighted by Gasteiger charge is 2.10. The molecule has 0 amide bonds. The van der Waals surface area contributed by atoms with Gasteiger partial charge in [0.15, 0.2) is 5.96 Å². The second-order valence-corrected chi connectivity index (χ2v) is 6.88. The van der Waals surface area contributed by atoms with Gasteiger partial charge in [-0.3, -0.25) is 9.89 Å². The lowest BCUT2D eigenvalue weighted by Gasteiger charge is -2.26. The van der Waals surface area contributed by atoms with Gasteiger partial charge in [0.25, 0.3) is 0 Å². The maximum atomic E-state index is 5.58. The number of benzene rings is 1. The van der Waals surface area contributed by atoms with E-state index in [9.17, 15) is 0 Å². The number of hydrogen-bond donors (Lipinski definition) is 2. The van der Waals surface area contributed by atoms with Crippen LogP contribution in [0.5, 0.6) is 0 Å². The van der Waals surface area contributed by atoms with Crippen LogP contribution >= 0.6 is 0 Å². The van der Waals surface area contributed by atoms with Crippen LogP contribution in [0.1, 0.15) is 37.3 Å². The smallest absolute Gasteiger partial charge is 0.191 e. The maximum Gasteiger partial charge on any atom is 0.191 e. The molecule has 0 aromatic heterocycles. The van der Waals surface area contributed by atoms with Gasteiger partial charge in [-0.15, -0.1) is 0 Å². The van der Waals surface area contributed by atoms with E-state index < -0.39 is 0 Å². The van der Waals surface area contributed by atoms with Gasteiger partial charge >= 0.3 is 0 Å². The van der Waals surface area contributed by atoms with Crippen molar-refractivity contribution >= 4 is 5.96 Å². The highest BCUT2D eigenvalue weighted by Crippen LogP contribution is 2.10. The van der Waals surface area contributed by atoms with Crippen LogP contribution in [0, 0.1) is 0 Å². The Morgan fingerprint density at radius 1 is 1.15 bits per heavy atom. The van der Waals surface area contributed by atoms with Crippen molar-refractivity contribution in [2.45, 2.75) is 39.3 Å². The van der Waals surface area contributed by atoms with Crippen molar-refractivity contribution in [2.24, 2.45) is 4.99 Å². The zero-order valence-corrected chi connectivity index (χ0v) is 17.0. The Morgan fingerprint density at radius 3 is 2.70 bits per heavy atom. The van der Waals surface area contributed by atoms with E-state index in [0.29, 0.717) is 0 Å². The summed E-state index contributed by atoms with van der Waals surface area (Å²) in [7, 11) is 1.81. The quantitative estimate of drug-likeness (QED) is 0.353. The second kappa shape index (κ2) is 13.5. The molecule has 27 heavy (non-hydrogen) atoms. The molecule has 0 atom stereocenters. The Hall–Kier alpha value is -1.63. The molecule has 1 heterocycles. The normalized spacial score (nSPS) is 15.7. The van der Waals surface area contributed by atoms with E-state index in [1.807, 2.05) is 7.05 Å². The molecule has 152 valence electrons. The summed E-state index contributed by atoms with van der Waals surface area (Å²) < 4.78 is 11.0. The third kappa shape index (κ3) is 9.22. The summed E-state index contributed by atoms with van der Waals surface area (Å²) in [6, 6.07) is 8.77. The molecule has 0 saturated carbocycles. The number of morpholine rings is 1. The largest absolute Gasteiger partial charge is 0.381 e. The molecular weight excluding hydrogens is 340 g/mol. The standard InChI is InChI=1S/C21H36N4O2/c1-3-4-12-26-13-6-9-23-21(22-2)24-17-19-7-5-8-20(16-19)18-25-10-14-27-15-11-25/h5,7-8,16H,3-4,6,9-15,17-18H2,1-2H3,(H2,22,23,24). The first-order valence-corrected chi connectivity index (χ1v) is 10.2. The number of guanidine groups is 1. The van der Waals surface area contributed by atoms with Crippen LogP contribution in [0.25, 0.3) is 0 Å². The summed E-state index contributed by atoms with van der Waals surface area (Å²) in [5, 5.41) is 6.74. The first-order chi connectivity index (χ1) is 13.3. The molecule has 0 spiro atoms. The van der Waals surface area contributed by atoms with E-state index in [4.69, 9.17) is 9.47 Å². The van der Waals surface area contributed by atoms with Crippen LogP contribution in [-0.4, -0.2) is 64.0 Å². The Bertz CT molecular complexity index is 545. The van der Waals surface area contributed by atoms with Crippen LogP contribution in [0.2, 0.25) is 0 Å². The average Bonchev–Trinajstić information content (AvgIpc) is 2.70. The van der Waals surface area contributed by atoms with Crippen molar-refractivity contribution in [3.8, 4) is 0 Å². The Labute approximate surface area is 164 Å². The van der Waals surface area contributed by atoms with Gasteiger partial charge in [0.2, 0.25) is 0 Å². The number of nitrogens with zero attached hydrogens (tertiary/aromatic N) is 2. The fourth-order valence-electron chi connectivity index (χ4n) is 2.99. The van der Waals surface area contributed by atoms with Crippen LogP contribution < -0.4 is 10.6 Å². The molecule has 1 aromatic rings. The number of nitrogens with one attached hydrogen (secondary N) is 2. The molecule has 1 aliphatic rings. The predicted octanol–water partition coefficient (Wildman–Crippen LogP) is 2.39. The van der Waals surface area contributed by atoms with Crippen molar-refractivity contribution < 1.29 is 9.47 Å². The summed E-state index contributed by atoms with van der Waals surface area (Å²) in [5.41, 5.74) is 2.62. The number of unbranched alkanes of at least 4 members (excludes halogenated alkanes) is 1. The first-order valence-electron chi connectivity index (χ1n) is 10.2. The third-order valence-electron chi connectivity index (χ3n) is 4.58. The molecule has 2 N–H and O–H groups in total. The molecule has 0 radical (unpaired) electrons. The van der Waals surface area contributed by atoms with E-state index in [-0.39, 0.29) is 0 Å². The molecular formula is C21H36N4O2. The maximum absolute atomic E-state index is 5.58. The van der Waals surface area contributed by atoms with E-state index >= 15 is 0 Å². The van der Waals surface area contributed by atoms with Crippen molar-refractivity contribution in [1.82, 2.24) is 15.5 Å². The summed E-state index contributed by atoms with van der Waals surface area (Å²) in [4.78, 5) is 6.74. The fourth-order valence-corrected chi connectivity index (χ4v) is 2.99. The number of ether oxygens (including phenoxy) is 2. The zero-order chi connectivity index (χ0) is 19.2. The van der Waals surface area contributed by atoms with Crippen LogP contribution in [-0.2, 0) is 22.6 Å². The van der Waals surface area contributed by atoms with E-state index in [1.165, 1.54) is 17.5 Å². The zero-order valence-electron chi connectivity index (χ0n) is 17.0. The third-order valence-corrected chi connectivity index (χ3v) is 4.58. The monoisotopic (exact) mass is 376 g/mol. The molecule has 6 nitrogen and oxygen atoms in total. The molecule has 1 saturated heterocycles. The lowest BCUT2D eigenvalue weighted by atomic mass is 10.1. The van der Waals surface area contributed by atoms with Crippen molar-refractivity contribution in [2.75, 3.05) is 53.1 Å². The van der Waals surface area contributed by atoms with Crippen molar-refractivity contribution in [3.63, 3.8) is 0 Å². The minimum atomic E-state index is 0.767. The highest BCUT2D eigenvalue weighted by atomic mass is 16.5. The molecule has 0 bridgehead atoms. The van der Waals surface area contributed by atoms with Gasteiger partial charge in [0, 0.05) is 53.0 Å². The molecule has 0 aliphatic carbocycles. The lowest BCUT2D eigenvalue weighted by Crippen LogP contribution is -2.37. The minimum Gasteiger partial charge on any atom is -0.381 e. The summed E-state index contributed by atoms with van der Waals surface area (Å²) in [6.07, 6.45) is 3.31. The van der Waals surface area contributed by atoms with Gasteiger partial charge < -0.3 is 20.1 Å². The molecule has 1 fully saturated rings. The lowest BCUT2D eigenvalue weighted by molar-refractivity contribution is 0.0342. The second-order valence-electron chi connectivity index (χ2n) is 6.88. The molecule has 2 rings (SSSR count). The van der Waals surface area contributed by atoms with Crippen LogP contribution in [0.4, 0.5) is 0 Å². The average molecular weight is 377 g/mol. The predicted molar refractivity (Wildman–Crippen MR) is 111 cm³/mol. The topological polar surface area (TPSA) is 58.1 Å². The van der Waals surface area contributed by atoms with Crippen molar-refractivity contribution in [3.05, 3.63) is 35.4 Å². The summed E-state index contributed by atoms with van der Waals surface area (Å²) in [5.74, 6) is 0.835. The van der Waals surface area contributed by atoms with Gasteiger partial charge in [-0.25, -0.2) is 0 Å². The van der Waals surface area contributed by atoms with Crippen molar-refractivity contribution in [1.29, 1.82) is 0 Å². The number of rotatable bonds is 11. The Balaban J connectivity index is 1.67. The molecule has 6 heteroatoms. The van der Waals surface area contributed by atoms with Gasteiger partial charge in [-0.05, 0) is 24.0 Å². The van der Waals surface area contributed by atoms with Gasteiger partial charge in [-0.1, -0.05) is 37.6 Å². The van der Waals surface area contributed by atoms with E-state index in [2.05, 4.69) is 51.7 Å². The number of hydrogen-bond acceptors (Lipinski definition) is 4.